The van der Waals surface area contributed by atoms with E-state index in [-0.39, 0.29) is 12.2 Å². The van der Waals surface area contributed by atoms with Crippen molar-refractivity contribution in [1.82, 2.24) is 15.0 Å². The number of hydrogen-bond acceptors (Lipinski definition) is 5. The molecule has 6 heteroatoms. The van der Waals surface area contributed by atoms with Crippen molar-refractivity contribution in [2.45, 2.75) is 26.7 Å². The van der Waals surface area contributed by atoms with Crippen molar-refractivity contribution in [3.05, 3.63) is 36.0 Å². The van der Waals surface area contributed by atoms with Crippen LogP contribution in [0.4, 0.5) is 0 Å². The Morgan fingerprint density at radius 2 is 2.00 bits per heavy atom. The summed E-state index contributed by atoms with van der Waals surface area (Å²) in [7, 11) is 0. The molecule has 0 spiro atoms. The van der Waals surface area contributed by atoms with Crippen LogP contribution in [0.25, 0.3) is 11.3 Å². The summed E-state index contributed by atoms with van der Waals surface area (Å²) in [6, 6.07) is 1.67. The summed E-state index contributed by atoms with van der Waals surface area (Å²) in [6.45, 7) is 3.72. The summed E-state index contributed by atoms with van der Waals surface area (Å²) < 4.78 is 0. The van der Waals surface area contributed by atoms with Crippen molar-refractivity contribution in [2.24, 2.45) is 0 Å². The van der Waals surface area contributed by atoms with Crippen molar-refractivity contribution in [1.29, 1.82) is 0 Å². The fourth-order valence-corrected chi connectivity index (χ4v) is 1.75. The van der Waals surface area contributed by atoms with Crippen LogP contribution in [0.3, 0.4) is 0 Å². The summed E-state index contributed by atoms with van der Waals surface area (Å²) in [5.41, 5.74) is 2.78. The molecule has 6 nitrogen and oxygen atoms in total. The van der Waals surface area contributed by atoms with E-state index in [9.17, 15) is 5.11 Å². The van der Waals surface area contributed by atoms with Gasteiger partial charge in [0, 0.05) is 18.0 Å². The first kappa shape index (κ1) is 15.6. The Morgan fingerprint density at radius 3 is 2.60 bits per heavy atom. The number of aromatic hydroxyl groups is 1. The molecule has 0 aromatic carbocycles. The molecule has 2 aromatic rings. The van der Waals surface area contributed by atoms with E-state index in [0.29, 0.717) is 0 Å². The lowest BCUT2D eigenvalue weighted by Gasteiger charge is -2.08. The average molecular weight is 275 g/mol. The van der Waals surface area contributed by atoms with Gasteiger partial charge in [-0.3, -0.25) is 9.78 Å². The first-order chi connectivity index (χ1) is 9.62. The number of aromatic nitrogens is 3. The zero-order chi connectivity index (χ0) is 15.0. The van der Waals surface area contributed by atoms with Gasteiger partial charge < -0.3 is 10.2 Å². The van der Waals surface area contributed by atoms with Gasteiger partial charge in [0.1, 0.15) is 11.6 Å². The topological polar surface area (TPSA) is 96.2 Å². The molecule has 2 rings (SSSR count). The van der Waals surface area contributed by atoms with E-state index in [1.165, 1.54) is 6.20 Å². The Bertz CT molecular complexity index is 573. The van der Waals surface area contributed by atoms with E-state index < -0.39 is 0 Å². The van der Waals surface area contributed by atoms with Crippen LogP contribution in [0.5, 0.6) is 5.75 Å². The molecular weight excluding hydrogens is 258 g/mol. The molecule has 0 aliphatic carbocycles. The maximum atomic E-state index is 9.46. The number of aryl methyl sites for hydroxylation is 2. The largest absolute Gasteiger partial charge is 0.506 e. The Morgan fingerprint density at radius 1 is 1.30 bits per heavy atom. The van der Waals surface area contributed by atoms with Gasteiger partial charge in [-0.1, -0.05) is 13.3 Å². The summed E-state index contributed by atoms with van der Waals surface area (Å²) in [6.07, 6.45) is 6.93. The van der Waals surface area contributed by atoms with Gasteiger partial charge in [0.05, 0.1) is 11.9 Å². The molecule has 2 heterocycles. The van der Waals surface area contributed by atoms with Crippen LogP contribution >= 0.6 is 0 Å². The van der Waals surface area contributed by atoms with Crippen molar-refractivity contribution in [2.75, 3.05) is 0 Å². The molecule has 0 amide bonds. The van der Waals surface area contributed by atoms with E-state index >= 15 is 0 Å². The first-order valence-electron chi connectivity index (χ1n) is 6.17. The molecule has 0 saturated heterocycles. The Balaban J connectivity index is 0.000000612. The third-order valence-corrected chi connectivity index (χ3v) is 2.50. The molecule has 0 fully saturated rings. The highest BCUT2D eigenvalue weighted by Gasteiger charge is 2.08. The highest BCUT2D eigenvalue weighted by atomic mass is 16.3. The maximum absolute atomic E-state index is 9.46. The van der Waals surface area contributed by atoms with Gasteiger partial charge in [0.15, 0.2) is 0 Å². The van der Waals surface area contributed by atoms with Gasteiger partial charge in [0.2, 0.25) is 0 Å². The van der Waals surface area contributed by atoms with Crippen LogP contribution in [-0.4, -0.2) is 31.6 Å². The summed E-state index contributed by atoms with van der Waals surface area (Å²) in [4.78, 5) is 21.0. The summed E-state index contributed by atoms with van der Waals surface area (Å²) >= 11 is 0. The SMILES string of the molecule is CCCc1cnc(C)nc1-c1cncc(O)c1.O=CO. The highest BCUT2D eigenvalue weighted by molar-refractivity contribution is 5.63. The van der Waals surface area contributed by atoms with Crippen molar-refractivity contribution >= 4 is 6.47 Å². The maximum Gasteiger partial charge on any atom is 0.290 e. The van der Waals surface area contributed by atoms with Crippen molar-refractivity contribution in [3.8, 4) is 17.0 Å². The molecule has 20 heavy (non-hydrogen) atoms. The van der Waals surface area contributed by atoms with Crippen LogP contribution in [0, 0.1) is 6.92 Å². The van der Waals surface area contributed by atoms with E-state index in [0.717, 1.165) is 35.5 Å². The molecule has 0 saturated carbocycles. The molecule has 0 radical (unpaired) electrons. The third kappa shape index (κ3) is 4.31. The molecule has 2 N–H and O–H groups in total. The van der Waals surface area contributed by atoms with Gasteiger partial charge in [0.25, 0.3) is 6.47 Å². The average Bonchev–Trinajstić information content (AvgIpc) is 2.42. The van der Waals surface area contributed by atoms with E-state index in [4.69, 9.17) is 9.90 Å². The number of pyridine rings is 1. The van der Waals surface area contributed by atoms with E-state index in [1.807, 2.05) is 13.1 Å². The summed E-state index contributed by atoms with van der Waals surface area (Å²) in [5, 5.41) is 16.3. The van der Waals surface area contributed by atoms with Crippen LogP contribution in [0.15, 0.2) is 24.7 Å². The Hall–Kier alpha value is -2.50. The van der Waals surface area contributed by atoms with Gasteiger partial charge in [-0.25, -0.2) is 9.97 Å². The minimum absolute atomic E-state index is 0.154. The van der Waals surface area contributed by atoms with Crippen molar-refractivity contribution in [3.63, 3.8) is 0 Å². The van der Waals surface area contributed by atoms with Crippen molar-refractivity contribution < 1.29 is 15.0 Å². The Kier molecular flexibility index (Phi) is 6.09. The molecule has 0 bridgehead atoms. The minimum Gasteiger partial charge on any atom is -0.506 e. The van der Waals surface area contributed by atoms with Gasteiger partial charge in [-0.15, -0.1) is 0 Å². The lowest BCUT2D eigenvalue weighted by Crippen LogP contribution is -1.98. The highest BCUT2D eigenvalue weighted by Crippen LogP contribution is 2.24. The van der Waals surface area contributed by atoms with Gasteiger partial charge in [-0.05, 0) is 25.0 Å². The van der Waals surface area contributed by atoms with Crippen LogP contribution in [-0.2, 0) is 11.2 Å². The predicted molar refractivity (Wildman–Crippen MR) is 74.4 cm³/mol. The molecule has 0 atom stereocenters. The molecule has 106 valence electrons. The normalized spacial score (nSPS) is 9.50. The summed E-state index contributed by atoms with van der Waals surface area (Å²) in [5.74, 6) is 0.879. The second-order valence-corrected chi connectivity index (χ2v) is 4.08. The second-order valence-electron chi connectivity index (χ2n) is 4.08. The van der Waals surface area contributed by atoms with E-state index in [2.05, 4.69) is 21.9 Å². The fourth-order valence-electron chi connectivity index (χ4n) is 1.75. The number of nitrogens with zero attached hydrogens (tertiary/aromatic N) is 3. The number of hydrogen-bond donors (Lipinski definition) is 2. The number of carboxylic acid groups (broad SMARTS) is 1. The van der Waals surface area contributed by atoms with Crippen LogP contribution in [0.2, 0.25) is 0 Å². The van der Waals surface area contributed by atoms with Gasteiger partial charge >= 0.3 is 0 Å². The second kappa shape index (κ2) is 7.83. The lowest BCUT2D eigenvalue weighted by atomic mass is 10.1. The van der Waals surface area contributed by atoms with Gasteiger partial charge in [-0.2, -0.15) is 0 Å². The zero-order valence-corrected chi connectivity index (χ0v) is 11.4. The van der Waals surface area contributed by atoms with Crippen LogP contribution in [0.1, 0.15) is 24.7 Å². The number of carbonyl (C=O) groups is 1. The Labute approximate surface area is 117 Å². The monoisotopic (exact) mass is 275 g/mol. The quantitative estimate of drug-likeness (QED) is 0.834. The first-order valence-corrected chi connectivity index (χ1v) is 6.17. The molecule has 2 aromatic heterocycles. The van der Waals surface area contributed by atoms with E-state index in [1.54, 1.807) is 12.3 Å². The molecule has 0 aliphatic rings. The lowest BCUT2D eigenvalue weighted by molar-refractivity contribution is -0.122. The molecular formula is C14H17N3O3. The molecule has 0 aliphatic heterocycles. The standard InChI is InChI=1S/C13H15N3O.CH2O2/c1-3-4-10-7-15-9(2)16-13(10)11-5-12(17)8-14-6-11;2-1-3/h5-8,17H,3-4H2,1-2H3;1H,(H,2,3). The van der Waals surface area contributed by atoms with Crippen LogP contribution < -0.4 is 0 Å². The predicted octanol–water partition coefficient (Wildman–Crippen LogP) is 2.21. The smallest absolute Gasteiger partial charge is 0.290 e. The third-order valence-electron chi connectivity index (χ3n) is 2.50. The minimum atomic E-state index is -0.250. The zero-order valence-electron chi connectivity index (χ0n) is 11.4. The molecule has 0 unspecified atom stereocenters. The number of rotatable bonds is 3. The fraction of sp³-hybridized carbons (Fsp3) is 0.286.